The fourth-order valence-electron chi connectivity index (χ4n) is 4.23. The summed E-state index contributed by atoms with van der Waals surface area (Å²) in [7, 11) is 0. The van der Waals surface area contributed by atoms with Gasteiger partial charge in [-0.15, -0.1) is 6.58 Å². The van der Waals surface area contributed by atoms with E-state index in [0.717, 1.165) is 21.5 Å². The Kier molecular flexibility index (Phi) is 5.74. The van der Waals surface area contributed by atoms with Crippen molar-refractivity contribution < 1.29 is 18.8 Å². The van der Waals surface area contributed by atoms with E-state index in [1.165, 1.54) is 4.90 Å². The van der Waals surface area contributed by atoms with E-state index in [0.29, 0.717) is 22.7 Å². The molecule has 1 unspecified atom stereocenters. The molecule has 5 rings (SSSR count). The smallest absolute Gasteiger partial charge is 0.257 e. The van der Waals surface area contributed by atoms with Crippen LogP contribution in [0.4, 0.5) is 5.69 Å². The Morgan fingerprint density at radius 3 is 2.49 bits per heavy atom. The third-order valence-corrected chi connectivity index (χ3v) is 6.05. The highest BCUT2D eigenvalue weighted by Crippen LogP contribution is 2.30. The van der Waals surface area contributed by atoms with Gasteiger partial charge < -0.3 is 9.32 Å². The second kappa shape index (κ2) is 9.02. The molecular weight excluding hydrogens is 442 g/mol. The van der Waals surface area contributed by atoms with Crippen molar-refractivity contribution in [1.82, 2.24) is 9.88 Å². The van der Waals surface area contributed by atoms with E-state index in [1.54, 1.807) is 42.5 Å². The van der Waals surface area contributed by atoms with Crippen LogP contribution in [0.2, 0.25) is 0 Å². The fourth-order valence-corrected chi connectivity index (χ4v) is 4.23. The van der Waals surface area contributed by atoms with Crippen LogP contribution in [0.25, 0.3) is 22.6 Å². The van der Waals surface area contributed by atoms with Gasteiger partial charge in [-0.2, -0.15) is 0 Å². The van der Waals surface area contributed by atoms with Crippen LogP contribution in [0.1, 0.15) is 22.3 Å². The summed E-state index contributed by atoms with van der Waals surface area (Å²) in [4.78, 5) is 46.4. The predicted octanol–water partition coefficient (Wildman–Crippen LogP) is 4.76. The molecule has 1 saturated heterocycles. The first-order chi connectivity index (χ1) is 17.0. The molecule has 174 valence electrons. The summed E-state index contributed by atoms with van der Waals surface area (Å²) in [5.74, 6) is -0.660. The highest BCUT2D eigenvalue weighted by atomic mass is 16.3. The third-order valence-electron chi connectivity index (χ3n) is 6.05. The number of oxazole rings is 1. The first-order valence-corrected chi connectivity index (χ1v) is 11.3. The molecule has 7 heteroatoms. The van der Waals surface area contributed by atoms with Gasteiger partial charge >= 0.3 is 0 Å². The number of amides is 3. The summed E-state index contributed by atoms with van der Waals surface area (Å²) < 4.78 is 5.80. The lowest BCUT2D eigenvalue weighted by molar-refractivity contribution is -0.122. The lowest BCUT2D eigenvalue weighted by Crippen LogP contribution is -2.45. The van der Waals surface area contributed by atoms with Gasteiger partial charge in [0.25, 0.3) is 11.8 Å². The van der Waals surface area contributed by atoms with Gasteiger partial charge in [-0.1, -0.05) is 35.9 Å². The Labute approximate surface area is 202 Å². The van der Waals surface area contributed by atoms with Crippen molar-refractivity contribution in [2.75, 3.05) is 11.4 Å². The molecule has 4 aromatic rings. The summed E-state index contributed by atoms with van der Waals surface area (Å²) in [6, 6.07) is 20.6. The van der Waals surface area contributed by atoms with Gasteiger partial charge in [-0.3, -0.25) is 14.4 Å². The summed E-state index contributed by atoms with van der Waals surface area (Å²) in [6.45, 7) is 5.81. The number of hydrogen-bond donors (Lipinski definition) is 0. The number of fused-ring (bicyclic) bond motifs is 1. The number of benzene rings is 3. The molecule has 0 bridgehead atoms. The molecule has 1 atom stereocenters. The second-order valence-corrected chi connectivity index (χ2v) is 8.43. The number of anilines is 1. The average molecular weight is 466 g/mol. The van der Waals surface area contributed by atoms with Crippen molar-refractivity contribution in [1.29, 1.82) is 0 Å². The van der Waals surface area contributed by atoms with Crippen LogP contribution in [0.15, 0.2) is 89.9 Å². The van der Waals surface area contributed by atoms with E-state index in [-0.39, 0.29) is 24.8 Å². The van der Waals surface area contributed by atoms with Gasteiger partial charge in [0.2, 0.25) is 11.8 Å². The SMILES string of the molecule is C=CCN(C(=O)c1ccc(C)cc1)C1CC(=O)N(c2ccc(-c3nc4ccccc4o3)cc2)C1=O. The lowest BCUT2D eigenvalue weighted by Gasteiger charge is -2.26. The molecule has 1 fully saturated rings. The molecule has 7 nitrogen and oxygen atoms in total. The molecule has 3 amide bonds. The monoisotopic (exact) mass is 465 g/mol. The fraction of sp³-hybridized carbons (Fsp3) is 0.143. The number of carbonyl (C=O) groups is 3. The zero-order valence-corrected chi connectivity index (χ0v) is 19.2. The zero-order valence-electron chi connectivity index (χ0n) is 19.2. The third kappa shape index (κ3) is 4.12. The number of para-hydroxylation sites is 2. The Hall–Kier alpha value is -4.52. The van der Waals surface area contributed by atoms with E-state index < -0.39 is 11.9 Å². The summed E-state index contributed by atoms with van der Waals surface area (Å²) in [6.07, 6.45) is 1.47. The van der Waals surface area contributed by atoms with Crippen molar-refractivity contribution in [3.63, 3.8) is 0 Å². The van der Waals surface area contributed by atoms with Crippen molar-refractivity contribution in [2.24, 2.45) is 0 Å². The minimum atomic E-state index is -0.897. The van der Waals surface area contributed by atoms with Gasteiger partial charge in [-0.25, -0.2) is 9.88 Å². The topological polar surface area (TPSA) is 83.7 Å². The molecule has 2 heterocycles. The standard InChI is InChI=1S/C28H23N3O4/c1-3-16-30(27(33)20-10-8-18(2)9-11-20)23-17-25(32)31(28(23)34)21-14-12-19(13-15-21)26-29-22-6-4-5-7-24(22)35-26/h3-15,23H,1,16-17H2,2H3. The van der Waals surface area contributed by atoms with E-state index in [2.05, 4.69) is 11.6 Å². The van der Waals surface area contributed by atoms with E-state index in [9.17, 15) is 14.4 Å². The molecule has 1 aromatic heterocycles. The first kappa shape index (κ1) is 22.3. The maximum atomic E-state index is 13.3. The largest absolute Gasteiger partial charge is 0.436 e. The van der Waals surface area contributed by atoms with Gasteiger partial charge in [-0.05, 0) is 55.5 Å². The molecule has 0 N–H and O–H groups in total. The van der Waals surface area contributed by atoms with Crippen LogP contribution < -0.4 is 4.90 Å². The van der Waals surface area contributed by atoms with Gasteiger partial charge in [0.1, 0.15) is 11.6 Å². The summed E-state index contributed by atoms with van der Waals surface area (Å²) in [5, 5.41) is 0. The maximum Gasteiger partial charge on any atom is 0.257 e. The van der Waals surface area contributed by atoms with E-state index in [1.807, 2.05) is 43.3 Å². The molecule has 0 radical (unpaired) electrons. The zero-order chi connectivity index (χ0) is 24.5. The molecular formula is C28H23N3O4. The second-order valence-electron chi connectivity index (χ2n) is 8.43. The van der Waals surface area contributed by atoms with E-state index >= 15 is 0 Å². The van der Waals surface area contributed by atoms with Gasteiger partial charge in [0.05, 0.1) is 12.1 Å². The molecule has 0 spiro atoms. The normalized spacial score (nSPS) is 15.6. The molecule has 1 aliphatic heterocycles. The number of rotatable bonds is 6. The molecule has 0 saturated carbocycles. The van der Waals surface area contributed by atoms with Crippen LogP contribution in [-0.4, -0.2) is 40.2 Å². The Morgan fingerprint density at radius 2 is 1.80 bits per heavy atom. The molecule has 3 aromatic carbocycles. The average Bonchev–Trinajstić information content (AvgIpc) is 3.43. The Morgan fingerprint density at radius 1 is 1.09 bits per heavy atom. The quantitative estimate of drug-likeness (QED) is 0.303. The van der Waals surface area contributed by atoms with Crippen LogP contribution in [0, 0.1) is 6.92 Å². The van der Waals surface area contributed by atoms with Crippen LogP contribution in [0.3, 0.4) is 0 Å². The molecule has 1 aliphatic rings. The molecule has 0 aliphatic carbocycles. The number of imide groups is 1. The number of nitrogens with zero attached hydrogens (tertiary/aromatic N) is 3. The van der Waals surface area contributed by atoms with Crippen LogP contribution >= 0.6 is 0 Å². The molecule has 35 heavy (non-hydrogen) atoms. The predicted molar refractivity (Wildman–Crippen MR) is 133 cm³/mol. The van der Waals surface area contributed by atoms with Gasteiger partial charge in [0.15, 0.2) is 5.58 Å². The number of aromatic nitrogens is 1. The van der Waals surface area contributed by atoms with Crippen LogP contribution in [-0.2, 0) is 9.59 Å². The summed E-state index contributed by atoms with van der Waals surface area (Å²) >= 11 is 0. The Bertz CT molecular complexity index is 1400. The van der Waals surface area contributed by atoms with Crippen LogP contribution in [0.5, 0.6) is 0 Å². The minimum absolute atomic E-state index is 0.0862. The lowest BCUT2D eigenvalue weighted by atomic mass is 10.1. The van der Waals surface area contributed by atoms with Crippen molar-refractivity contribution >= 4 is 34.5 Å². The van der Waals surface area contributed by atoms with Crippen molar-refractivity contribution in [2.45, 2.75) is 19.4 Å². The van der Waals surface area contributed by atoms with Gasteiger partial charge in [0, 0.05) is 17.7 Å². The van der Waals surface area contributed by atoms with Crippen molar-refractivity contribution in [3.05, 3.63) is 96.6 Å². The van der Waals surface area contributed by atoms with Crippen molar-refractivity contribution in [3.8, 4) is 11.5 Å². The highest BCUT2D eigenvalue weighted by Gasteiger charge is 2.44. The van der Waals surface area contributed by atoms with E-state index in [4.69, 9.17) is 4.42 Å². The number of aryl methyl sites for hydroxylation is 1. The number of hydrogen-bond acceptors (Lipinski definition) is 5. The first-order valence-electron chi connectivity index (χ1n) is 11.3. The minimum Gasteiger partial charge on any atom is -0.436 e. The summed E-state index contributed by atoms with van der Waals surface area (Å²) in [5.41, 5.74) is 4.07. The Balaban J connectivity index is 1.39. The maximum absolute atomic E-state index is 13.3. The number of carbonyl (C=O) groups excluding carboxylic acids is 3. The highest BCUT2D eigenvalue weighted by molar-refractivity contribution is 6.23.